The van der Waals surface area contributed by atoms with E-state index in [1.54, 1.807) is 0 Å². The Bertz CT molecular complexity index is 415. The average molecular weight is 294 g/mol. The van der Waals surface area contributed by atoms with Crippen molar-refractivity contribution < 1.29 is 9.53 Å². The van der Waals surface area contributed by atoms with Gasteiger partial charge in [-0.05, 0) is 53.9 Å². The lowest BCUT2D eigenvalue weighted by Gasteiger charge is -2.47. The van der Waals surface area contributed by atoms with Crippen LogP contribution in [0.4, 0.5) is 4.79 Å². The molecule has 0 bridgehead atoms. The van der Waals surface area contributed by atoms with E-state index < -0.39 is 5.60 Å². The third-order valence-electron chi connectivity index (χ3n) is 4.69. The third kappa shape index (κ3) is 4.22. The summed E-state index contributed by atoms with van der Waals surface area (Å²) >= 11 is 0. The molecule has 0 aromatic carbocycles. The minimum absolute atomic E-state index is 0.168. The van der Waals surface area contributed by atoms with Gasteiger partial charge in [0.25, 0.3) is 0 Å². The second-order valence-corrected chi connectivity index (χ2v) is 7.71. The van der Waals surface area contributed by atoms with Crippen LogP contribution in [0.3, 0.4) is 0 Å². The molecule has 4 nitrogen and oxygen atoms in total. The molecule has 1 amide bonds. The highest BCUT2D eigenvalue weighted by molar-refractivity contribution is 5.68. The summed E-state index contributed by atoms with van der Waals surface area (Å²) in [5.41, 5.74) is 1.31. The van der Waals surface area contributed by atoms with Crippen molar-refractivity contribution in [3.05, 3.63) is 11.6 Å². The summed E-state index contributed by atoms with van der Waals surface area (Å²) in [5, 5.41) is 0. The van der Waals surface area contributed by atoms with Crippen LogP contribution < -0.4 is 0 Å². The Morgan fingerprint density at radius 1 is 1.24 bits per heavy atom. The molecule has 0 saturated carbocycles. The van der Waals surface area contributed by atoms with Crippen molar-refractivity contribution in [1.29, 1.82) is 0 Å². The first-order valence-electron chi connectivity index (χ1n) is 8.08. The molecular formula is C17H30N2O2. The van der Waals surface area contributed by atoms with Gasteiger partial charge in [-0.3, -0.25) is 4.90 Å². The van der Waals surface area contributed by atoms with Gasteiger partial charge in [-0.2, -0.15) is 0 Å². The van der Waals surface area contributed by atoms with E-state index in [-0.39, 0.29) is 11.6 Å². The van der Waals surface area contributed by atoms with Crippen molar-refractivity contribution in [2.75, 3.05) is 26.2 Å². The Hall–Kier alpha value is -1.03. The van der Waals surface area contributed by atoms with Gasteiger partial charge in [-0.1, -0.05) is 11.6 Å². The summed E-state index contributed by atoms with van der Waals surface area (Å²) < 4.78 is 5.47. The van der Waals surface area contributed by atoms with Gasteiger partial charge in [-0.15, -0.1) is 0 Å². The molecule has 0 aliphatic carbocycles. The summed E-state index contributed by atoms with van der Waals surface area (Å²) in [6.07, 6.45) is 5.40. The molecule has 2 heterocycles. The van der Waals surface area contributed by atoms with Gasteiger partial charge in [0, 0.05) is 31.7 Å². The first kappa shape index (κ1) is 16.3. The standard InChI is InChI=1S/C17H30N2O2/c1-14-6-10-19(11-7-14)17(5)8-12-18(13-9-17)15(20)21-16(2,3)4/h6H,7-13H2,1-5H3. The Balaban J connectivity index is 1.89. The molecule has 0 radical (unpaired) electrons. The van der Waals surface area contributed by atoms with Crippen molar-refractivity contribution >= 4 is 6.09 Å². The fourth-order valence-corrected chi connectivity index (χ4v) is 3.07. The van der Waals surface area contributed by atoms with Crippen molar-refractivity contribution in [3.8, 4) is 0 Å². The Morgan fingerprint density at radius 3 is 2.33 bits per heavy atom. The number of amides is 1. The quantitative estimate of drug-likeness (QED) is 0.695. The van der Waals surface area contributed by atoms with E-state index in [9.17, 15) is 4.79 Å². The van der Waals surface area contributed by atoms with Crippen molar-refractivity contribution in [3.63, 3.8) is 0 Å². The highest BCUT2D eigenvalue weighted by Gasteiger charge is 2.37. The maximum atomic E-state index is 12.1. The fourth-order valence-electron chi connectivity index (χ4n) is 3.07. The van der Waals surface area contributed by atoms with Crippen LogP contribution in [-0.2, 0) is 4.74 Å². The number of piperidine rings is 1. The van der Waals surface area contributed by atoms with Crippen LogP contribution in [0.1, 0.15) is 53.9 Å². The molecule has 1 saturated heterocycles. The summed E-state index contributed by atoms with van der Waals surface area (Å²) in [4.78, 5) is 16.6. The predicted molar refractivity (Wildman–Crippen MR) is 85.4 cm³/mol. The monoisotopic (exact) mass is 294 g/mol. The summed E-state index contributed by atoms with van der Waals surface area (Å²) in [5.74, 6) is 0. The second-order valence-electron chi connectivity index (χ2n) is 7.71. The molecule has 120 valence electrons. The van der Waals surface area contributed by atoms with Gasteiger partial charge in [-0.25, -0.2) is 4.79 Å². The normalized spacial score (nSPS) is 23.7. The number of nitrogens with zero attached hydrogens (tertiary/aromatic N) is 2. The van der Waals surface area contributed by atoms with Crippen LogP contribution in [0.2, 0.25) is 0 Å². The summed E-state index contributed by atoms with van der Waals surface area (Å²) in [7, 11) is 0. The van der Waals surface area contributed by atoms with E-state index in [4.69, 9.17) is 4.74 Å². The second kappa shape index (κ2) is 5.99. The van der Waals surface area contributed by atoms with Gasteiger partial charge in [0.05, 0.1) is 0 Å². The number of rotatable bonds is 1. The minimum Gasteiger partial charge on any atom is -0.444 e. The van der Waals surface area contributed by atoms with E-state index in [0.29, 0.717) is 0 Å². The lowest BCUT2D eigenvalue weighted by molar-refractivity contribution is -0.000244. The van der Waals surface area contributed by atoms with Gasteiger partial charge in [0.15, 0.2) is 0 Å². The highest BCUT2D eigenvalue weighted by atomic mass is 16.6. The van der Waals surface area contributed by atoms with Crippen LogP contribution >= 0.6 is 0 Å². The minimum atomic E-state index is -0.410. The lowest BCUT2D eigenvalue weighted by Crippen LogP contribution is -2.55. The molecule has 2 aliphatic rings. The maximum Gasteiger partial charge on any atom is 0.410 e. The molecule has 21 heavy (non-hydrogen) atoms. The van der Waals surface area contributed by atoms with Crippen molar-refractivity contribution in [2.24, 2.45) is 0 Å². The van der Waals surface area contributed by atoms with Gasteiger partial charge in [0.1, 0.15) is 5.60 Å². The molecule has 0 spiro atoms. The van der Waals surface area contributed by atoms with E-state index >= 15 is 0 Å². The smallest absolute Gasteiger partial charge is 0.410 e. The van der Waals surface area contributed by atoms with Crippen LogP contribution in [0.15, 0.2) is 11.6 Å². The number of hydrogen-bond donors (Lipinski definition) is 0. The highest BCUT2D eigenvalue weighted by Crippen LogP contribution is 2.31. The molecule has 1 fully saturated rings. The van der Waals surface area contributed by atoms with Crippen LogP contribution in [0, 0.1) is 0 Å². The first-order chi connectivity index (χ1) is 9.70. The zero-order valence-electron chi connectivity index (χ0n) is 14.2. The number of hydrogen-bond acceptors (Lipinski definition) is 3. The van der Waals surface area contributed by atoms with Crippen molar-refractivity contribution in [2.45, 2.75) is 65.0 Å². The molecule has 2 rings (SSSR count). The number of ether oxygens (including phenoxy) is 1. The molecule has 4 heteroatoms. The Kier molecular flexibility index (Phi) is 4.66. The maximum absolute atomic E-state index is 12.1. The third-order valence-corrected chi connectivity index (χ3v) is 4.69. The molecular weight excluding hydrogens is 264 g/mol. The Labute approximate surface area is 129 Å². The Morgan fingerprint density at radius 2 is 1.86 bits per heavy atom. The molecule has 0 N–H and O–H groups in total. The van der Waals surface area contributed by atoms with Gasteiger partial charge >= 0.3 is 6.09 Å². The zero-order chi connectivity index (χ0) is 15.7. The lowest BCUT2D eigenvalue weighted by atomic mass is 9.86. The predicted octanol–water partition coefficient (Wildman–Crippen LogP) is 3.43. The molecule has 2 aliphatic heterocycles. The van der Waals surface area contributed by atoms with Crippen molar-refractivity contribution in [1.82, 2.24) is 9.80 Å². The van der Waals surface area contributed by atoms with E-state index in [1.165, 1.54) is 12.0 Å². The number of carbonyl (C=O) groups is 1. The van der Waals surface area contributed by atoms with E-state index in [0.717, 1.165) is 39.0 Å². The van der Waals surface area contributed by atoms with Gasteiger partial charge in [0.2, 0.25) is 0 Å². The summed E-state index contributed by atoms with van der Waals surface area (Å²) in [6, 6.07) is 0. The fraction of sp³-hybridized carbons (Fsp3) is 0.824. The van der Waals surface area contributed by atoms with E-state index in [1.807, 2.05) is 25.7 Å². The SMILES string of the molecule is CC1=CCN(C2(C)CCN(C(=O)OC(C)(C)C)CC2)CC1. The first-order valence-corrected chi connectivity index (χ1v) is 8.08. The van der Waals surface area contributed by atoms with Crippen LogP contribution in [0.5, 0.6) is 0 Å². The average Bonchev–Trinajstić information content (AvgIpc) is 2.38. The van der Waals surface area contributed by atoms with Gasteiger partial charge < -0.3 is 9.64 Å². The number of likely N-dealkylation sites (tertiary alicyclic amines) is 1. The zero-order valence-corrected chi connectivity index (χ0v) is 14.2. The van der Waals surface area contributed by atoms with Crippen LogP contribution in [-0.4, -0.2) is 53.2 Å². The topological polar surface area (TPSA) is 32.8 Å². The number of carbonyl (C=O) groups excluding carboxylic acids is 1. The molecule has 0 unspecified atom stereocenters. The van der Waals surface area contributed by atoms with E-state index in [2.05, 4.69) is 24.8 Å². The largest absolute Gasteiger partial charge is 0.444 e. The van der Waals surface area contributed by atoms with Crippen LogP contribution in [0.25, 0.3) is 0 Å². The molecule has 0 aromatic rings. The summed E-state index contributed by atoms with van der Waals surface area (Å²) in [6.45, 7) is 14.1. The molecule has 0 atom stereocenters. The molecule has 0 aromatic heterocycles.